The van der Waals surface area contributed by atoms with Crippen LogP contribution >= 0.6 is 0 Å². The van der Waals surface area contributed by atoms with Gasteiger partial charge < -0.3 is 28.6 Å². The first kappa shape index (κ1) is 35.4. The number of alkyl halides is 2. The highest BCUT2D eigenvalue weighted by atomic mass is 19.3. The molecule has 6 rings (SSSR count). The first-order chi connectivity index (χ1) is 23.4. The number of fused-ring (bicyclic) bond motifs is 5. The Kier molecular flexibility index (Phi) is 10.2. The monoisotopic (exact) mass is 685 g/mol. The molecule has 1 saturated carbocycles. The number of hydrogen-bond acceptors (Lipinski definition) is 9. The van der Waals surface area contributed by atoms with Crippen molar-refractivity contribution in [3.05, 3.63) is 23.9 Å². The third kappa shape index (κ3) is 6.99. The Morgan fingerprint density at radius 1 is 1.02 bits per heavy atom. The standard InChI is InChI=1S/C37H49F2N3O7/c1-5-25-29(22-43)42-21-30(25)48-33-32(40-27-12-11-24(46-4)19-28(27)41-33)37(38,39)14-7-6-9-23-10-8-13-36(23,3)49-31(44)20-26(34(42)45)35(2)15-17-47-18-16-35/h11-12,19,22-23,25-26,29-30H,5-10,13-18,20-21H2,1-4H3/t23-,25+,26-,29-,30+,36-/m1/s1. The summed E-state index contributed by atoms with van der Waals surface area (Å²) in [6.45, 7) is 6.70. The van der Waals surface area contributed by atoms with Crippen molar-refractivity contribution in [1.29, 1.82) is 0 Å². The summed E-state index contributed by atoms with van der Waals surface area (Å²) >= 11 is 0. The number of ether oxygens (including phenoxy) is 4. The lowest BCUT2D eigenvalue weighted by Crippen LogP contribution is -2.49. The summed E-state index contributed by atoms with van der Waals surface area (Å²) < 4.78 is 56.0. The Balaban J connectivity index is 1.43. The summed E-state index contributed by atoms with van der Waals surface area (Å²) in [5.41, 5.74) is -1.26. The molecule has 3 fully saturated rings. The molecule has 0 N–H and O–H groups in total. The zero-order valence-electron chi connectivity index (χ0n) is 29.1. The summed E-state index contributed by atoms with van der Waals surface area (Å²) in [6.07, 6.45) is 4.70. The van der Waals surface area contributed by atoms with E-state index in [1.807, 2.05) is 20.8 Å². The summed E-state index contributed by atoms with van der Waals surface area (Å²) in [7, 11) is 1.50. The van der Waals surface area contributed by atoms with Crippen LogP contribution < -0.4 is 9.47 Å². The Labute approximate surface area is 286 Å². The van der Waals surface area contributed by atoms with Gasteiger partial charge in [0.15, 0.2) is 5.69 Å². The molecule has 1 amide bonds. The number of carbonyl (C=O) groups excluding carboxylic acids is 3. The molecule has 12 heteroatoms. The Morgan fingerprint density at radius 2 is 1.78 bits per heavy atom. The first-order valence-corrected chi connectivity index (χ1v) is 17.9. The van der Waals surface area contributed by atoms with E-state index >= 15 is 8.78 Å². The fourth-order valence-electron chi connectivity index (χ4n) is 8.69. The van der Waals surface area contributed by atoms with Crippen LogP contribution in [0, 0.1) is 23.2 Å². The van der Waals surface area contributed by atoms with Gasteiger partial charge in [-0.05, 0) is 81.8 Å². The maximum absolute atomic E-state index is 16.2. The number of aldehydes is 1. The molecule has 0 spiro atoms. The summed E-state index contributed by atoms with van der Waals surface area (Å²) in [4.78, 5) is 51.6. The van der Waals surface area contributed by atoms with Crippen molar-refractivity contribution in [3.63, 3.8) is 0 Å². The molecule has 49 heavy (non-hydrogen) atoms. The fraction of sp³-hybridized carbons (Fsp3) is 0.703. The molecule has 10 nitrogen and oxygen atoms in total. The largest absolute Gasteiger partial charge is 0.497 e. The molecule has 0 unspecified atom stereocenters. The number of esters is 1. The molecule has 3 aliphatic heterocycles. The average molecular weight is 686 g/mol. The SMILES string of the molecule is CC[C@@H]1[C@@H]2CN(C(=O)[C@H](C3(C)CCOCC3)CC(=O)O[C@]3(C)CCC[C@H]3CCCCC(F)(F)c3nc4ccc(OC)cc4nc3O2)[C@@H]1C=O. The maximum Gasteiger partial charge on any atom is 0.307 e. The zero-order valence-corrected chi connectivity index (χ0v) is 29.1. The maximum atomic E-state index is 16.2. The van der Waals surface area contributed by atoms with E-state index in [1.54, 1.807) is 18.2 Å². The Morgan fingerprint density at radius 3 is 2.49 bits per heavy atom. The Hall–Kier alpha value is -3.41. The summed E-state index contributed by atoms with van der Waals surface area (Å²) in [5, 5.41) is 0. The number of benzene rings is 1. The van der Waals surface area contributed by atoms with Crippen LogP contribution in [-0.2, 0) is 29.8 Å². The van der Waals surface area contributed by atoms with Gasteiger partial charge in [0, 0.05) is 31.6 Å². The van der Waals surface area contributed by atoms with Gasteiger partial charge in [-0.1, -0.05) is 20.3 Å². The highest BCUT2D eigenvalue weighted by molar-refractivity contribution is 5.87. The van der Waals surface area contributed by atoms with Crippen LogP contribution in [0.1, 0.15) is 97.1 Å². The predicted octanol–water partition coefficient (Wildman–Crippen LogP) is 6.41. The van der Waals surface area contributed by atoms with Crippen LogP contribution in [0.5, 0.6) is 11.6 Å². The molecule has 4 heterocycles. The zero-order chi connectivity index (χ0) is 35.0. The van der Waals surface area contributed by atoms with Crippen LogP contribution in [-0.4, -0.2) is 77.6 Å². The first-order valence-electron chi connectivity index (χ1n) is 17.9. The fourth-order valence-corrected chi connectivity index (χ4v) is 8.69. The molecule has 2 aromatic rings. The molecular formula is C37H49F2N3O7. The smallest absolute Gasteiger partial charge is 0.307 e. The third-order valence-electron chi connectivity index (χ3n) is 11.9. The predicted molar refractivity (Wildman–Crippen MR) is 176 cm³/mol. The van der Waals surface area contributed by atoms with E-state index in [2.05, 4.69) is 9.97 Å². The van der Waals surface area contributed by atoms with E-state index in [0.29, 0.717) is 63.0 Å². The van der Waals surface area contributed by atoms with Crippen LogP contribution in [0.15, 0.2) is 18.2 Å². The van der Waals surface area contributed by atoms with Crippen LogP contribution in [0.3, 0.4) is 0 Å². The van der Waals surface area contributed by atoms with Gasteiger partial charge in [0.1, 0.15) is 23.7 Å². The average Bonchev–Trinajstić information content (AvgIpc) is 3.62. The second kappa shape index (κ2) is 14.1. The number of halogens is 2. The Bertz CT molecular complexity index is 1550. The summed E-state index contributed by atoms with van der Waals surface area (Å²) in [5.74, 6) is -5.21. The van der Waals surface area contributed by atoms with Gasteiger partial charge in [0.25, 0.3) is 5.92 Å². The number of carbonyl (C=O) groups is 3. The van der Waals surface area contributed by atoms with Gasteiger partial charge in [-0.2, -0.15) is 8.78 Å². The van der Waals surface area contributed by atoms with Gasteiger partial charge in [-0.25, -0.2) is 9.97 Å². The van der Waals surface area contributed by atoms with Crippen molar-refractivity contribution in [3.8, 4) is 11.6 Å². The number of methoxy groups -OCH3 is 1. The lowest BCUT2D eigenvalue weighted by Gasteiger charge is -2.42. The van der Waals surface area contributed by atoms with Crippen LogP contribution in [0.4, 0.5) is 8.78 Å². The molecule has 2 saturated heterocycles. The highest BCUT2D eigenvalue weighted by Gasteiger charge is 2.52. The molecule has 6 atom stereocenters. The summed E-state index contributed by atoms with van der Waals surface area (Å²) in [6, 6.07) is 3.98. The molecule has 1 aliphatic carbocycles. The van der Waals surface area contributed by atoms with E-state index in [-0.39, 0.29) is 42.6 Å². The van der Waals surface area contributed by atoms with Crippen molar-refractivity contribution in [1.82, 2.24) is 14.9 Å². The van der Waals surface area contributed by atoms with Crippen molar-refractivity contribution in [2.45, 2.75) is 115 Å². The van der Waals surface area contributed by atoms with E-state index in [9.17, 15) is 14.4 Å². The van der Waals surface area contributed by atoms with Crippen molar-refractivity contribution in [2.24, 2.45) is 23.2 Å². The van der Waals surface area contributed by atoms with Gasteiger partial charge in [0.05, 0.1) is 43.1 Å². The van der Waals surface area contributed by atoms with Gasteiger partial charge in [0.2, 0.25) is 11.8 Å². The van der Waals surface area contributed by atoms with Crippen molar-refractivity contribution >= 4 is 29.2 Å². The number of hydrogen-bond donors (Lipinski definition) is 0. The minimum atomic E-state index is -3.37. The minimum Gasteiger partial charge on any atom is -0.497 e. The van der Waals surface area contributed by atoms with E-state index in [4.69, 9.17) is 18.9 Å². The number of rotatable bonds is 4. The topological polar surface area (TPSA) is 117 Å². The molecule has 268 valence electrons. The van der Waals surface area contributed by atoms with Gasteiger partial charge in [-0.3, -0.25) is 9.59 Å². The van der Waals surface area contributed by atoms with Gasteiger partial charge >= 0.3 is 5.97 Å². The van der Waals surface area contributed by atoms with Gasteiger partial charge in [-0.15, -0.1) is 0 Å². The molecule has 1 aromatic heterocycles. The van der Waals surface area contributed by atoms with E-state index in [0.717, 1.165) is 19.1 Å². The molecule has 1 aromatic carbocycles. The highest BCUT2D eigenvalue weighted by Crippen LogP contribution is 2.47. The third-order valence-corrected chi connectivity index (χ3v) is 11.9. The van der Waals surface area contributed by atoms with Crippen molar-refractivity contribution in [2.75, 3.05) is 26.9 Å². The molecular weight excluding hydrogens is 636 g/mol. The molecule has 2 bridgehead atoms. The lowest BCUT2D eigenvalue weighted by atomic mass is 9.69. The van der Waals surface area contributed by atoms with Crippen LogP contribution in [0.25, 0.3) is 11.0 Å². The van der Waals surface area contributed by atoms with E-state index < -0.39 is 59.0 Å². The number of aromatic nitrogens is 2. The normalized spacial score (nSPS) is 32.3. The number of nitrogens with zero attached hydrogens (tertiary/aromatic N) is 3. The molecule has 4 aliphatic rings. The lowest BCUT2D eigenvalue weighted by molar-refractivity contribution is -0.168. The second-order valence-corrected chi connectivity index (χ2v) is 14.9. The minimum absolute atomic E-state index is 0.0233. The quantitative estimate of drug-likeness (QED) is 0.266. The second-order valence-electron chi connectivity index (χ2n) is 14.9. The van der Waals surface area contributed by atoms with E-state index in [1.165, 1.54) is 12.0 Å². The van der Waals surface area contributed by atoms with Crippen LogP contribution in [0.2, 0.25) is 0 Å². The number of amides is 1. The van der Waals surface area contributed by atoms with Crippen molar-refractivity contribution < 1.29 is 42.1 Å². The molecule has 0 radical (unpaired) electrons.